The molecule has 0 aliphatic heterocycles. The minimum atomic E-state index is -0.374. The lowest BCUT2D eigenvalue weighted by Gasteiger charge is -2.19. The average Bonchev–Trinajstić information content (AvgIpc) is 2.43. The molecule has 0 atom stereocenters. The molecule has 0 N–H and O–H groups in total. The molecule has 1 aromatic rings. The van der Waals surface area contributed by atoms with Crippen LogP contribution in [0.15, 0.2) is 43.5 Å². The van der Waals surface area contributed by atoms with Crippen LogP contribution in [0.3, 0.4) is 0 Å². The van der Waals surface area contributed by atoms with Crippen LogP contribution in [0.4, 0.5) is 0 Å². The second-order valence-electron chi connectivity index (χ2n) is 3.79. The summed E-state index contributed by atoms with van der Waals surface area (Å²) in [5.41, 5.74) is 1.21. The van der Waals surface area contributed by atoms with Crippen LogP contribution >= 0.6 is 0 Å². The molecule has 0 radical (unpaired) electrons. The quantitative estimate of drug-likeness (QED) is 0.746. The van der Waals surface area contributed by atoms with Gasteiger partial charge in [0.05, 0.1) is 0 Å². The Bertz CT molecular complexity index is 477. The zero-order valence-electron chi connectivity index (χ0n) is 10.6. The Hall–Kier alpha value is -2.16. The van der Waals surface area contributed by atoms with Gasteiger partial charge in [0.1, 0.15) is 0 Å². The molecule has 3 heteroatoms. The van der Waals surface area contributed by atoms with Crippen molar-refractivity contribution in [3.63, 3.8) is 0 Å². The third kappa shape index (κ3) is 2.94. The van der Waals surface area contributed by atoms with E-state index in [1.807, 2.05) is 13.0 Å². The first-order chi connectivity index (χ1) is 8.65. The monoisotopic (exact) mass is 243 g/mol. The molecule has 18 heavy (non-hydrogen) atoms. The van der Waals surface area contributed by atoms with E-state index < -0.39 is 0 Å². The lowest BCUT2D eigenvalue weighted by molar-refractivity contribution is -0.123. The molecule has 94 valence electrons. The fraction of sp³-hybridized carbons (Fsp3) is 0.200. The van der Waals surface area contributed by atoms with Crippen LogP contribution in [0.2, 0.25) is 0 Å². The largest absolute Gasteiger partial charge is 0.275 e. The number of hydrogen-bond donors (Lipinski definition) is 0. The normalized spacial score (nSPS) is 9.61. The molecular formula is C15H17NO2. The third-order valence-electron chi connectivity index (χ3n) is 2.54. The molecule has 0 spiro atoms. The zero-order valence-corrected chi connectivity index (χ0v) is 10.6. The van der Waals surface area contributed by atoms with E-state index in [1.165, 1.54) is 4.90 Å². The van der Waals surface area contributed by atoms with Crippen molar-refractivity contribution in [2.75, 3.05) is 6.54 Å². The fourth-order valence-corrected chi connectivity index (χ4v) is 1.66. The topological polar surface area (TPSA) is 37.4 Å². The van der Waals surface area contributed by atoms with Crippen LogP contribution in [0.25, 0.3) is 6.08 Å². The van der Waals surface area contributed by atoms with Crippen molar-refractivity contribution in [2.45, 2.75) is 13.3 Å². The lowest BCUT2D eigenvalue weighted by atomic mass is 10.1. The summed E-state index contributed by atoms with van der Waals surface area (Å²) >= 11 is 0. The SMILES string of the molecule is C=CC(=O)N(CCC)C(=O)c1ccccc1C=C. The summed E-state index contributed by atoms with van der Waals surface area (Å²) in [6.45, 7) is 9.38. The zero-order chi connectivity index (χ0) is 13.5. The molecule has 0 aromatic heterocycles. The Morgan fingerprint density at radius 3 is 2.50 bits per heavy atom. The van der Waals surface area contributed by atoms with Gasteiger partial charge in [-0.2, -0.15) is 0 Å². The molecule has 0 saturated carbocycles. The number of hydrogen-bond acceptors (Lipinski definition) is 2. The van der Waals surface area contributed by atoms with Crippen LogP contribution in [0.1, 0.15) is 29.3 Å². The number of nitrogens with zero attached hydrogens (tertiary/aromatic N) is 1. The highest BCUT2D eigenvalue weighted by molar-refractivity contribution is 6.09. The van der Waals surface area contributed by atoms with E-state index >= 15 is 0 Å². The summed E-state index contributed by atoms with van der Waals surface area (Å²) < 4.78 is 0. The van der Waals surface area contributed by atoms with Gasteiger partial charge in [0, 0.05) is 12.1 Å². The lowest BCUT2D eigenvalue weighted by Crippen LogP contribution is -2.36. The van der Waals surface area contributed by atoms with Gasteiger partial charge in [0.15, 0.2) is 0 Å². The Labute approximate surface area is 107 Å². The van der Waals surface area contributed by atoms with Gasteiger partial charge in [-0.15, -0.1) is 0 Å². The molecule has 0 saturated heterocycles. The standard InChI is InChI=1S/C15H17NO2/c1-4-11-16(14(17)6-3)15(18)13-10-8-7-9-12(13)5-2/h5-10H,2-4,11H2,1H3. The van der Waals surface area contributed by atoms with Crippen LogP contribution in [-0.4, -0.2) is 23.3 Å². The minimum absolute atomic E-state index is 0.308. The Kier molecular flexibility index (Phi) is 5.06. The molecule has 1 rings (SSSR count). The number of benzene rings is 1. The third-order valence-corrected chi connectivity index (χ3v) is 2.54. The van der Waals surface area contributed by atoms with Crippen molar-refractivity contribution in [1.82, 2.24) is 4.90 Å². The number of rotatable bonds is 5. The minimum Gasteiger partial charge on any atom is -0.275 e. The maximum absolute atomic E-state index is 12.3. The number of carbonyl (C=O) groups excluding carboxylic acids is 2. The second-order valence-corrected chi connectivity index (χ2v) is 3.79. The molecular weight excluding hydrogens is 226 g/mol. The molecule has 0 fully saturated rings. The summed E-state index contributed by atoms with van der Waals surface area (Å²) in [4.78, 5) is 25.2. The van der Waals surface area contributed by atoms with E-state index in [-0.39, 0.29) is 11.8 Å². The summed E-state index contributed by atoms with van der Waals surface area (Å²) in [6.07, 6.45) is 3.47. The van der Waals surface area contributed by atoms with Crippen LogP contribution < -0.4 is 0 Å². The Balaban J connectivity index is 3.13. The first-order valence-corrected chi connectivity index (χ1v) is 5.85. The summed E-state index contributed by atoms with van der Waals surface area (Å²) in [6, 6.07) is 7.08. The Morgan fingerprint density at radius 1 is 1.28 bits per heavy atom. The molecule has 0 heterocycles. The van der Waals surface area contributed by atoms with Gasteiger partial charge >= 0.3 is 0 Å². The first-order valence-electron chi connectivity index (χ1n) is 5.85. The predicted octanol–water partition coefficient (Wildman–Crippen LogP) is 2.89. The molecule has 1 aromatic carbocycles. The van der Waals surface area contributed by atoms with Crippen molar-refractivity contribution in [3.8, 4) is 0 Å². The summed E-state index contributed by atoms with van der Waals surface area (Å²) in [7, 11) is 0. The van der Waals surface area contributed by atoms with E-state index in [0.29, 0.717) is 18.5 Å². The van der Waals surface area contributed by atoms with Crippen LogP contribution in [0.5, 0.6) is 0 Å². The molecule has 0 aliphatic rings. The predicted molar refractivity (Wildman–Crippen MR) is 73.1 cm³/mol. The summed E-state index contributed by atoms with van der Waals surface area (Å²) in [5.74, 6) is -0.682. The smallest absolute Gasteiger partial charge is 0.261 e. The Morgan fingerprint density at radius 2 is 1.94 bits per heavy atom. The van der Waals surface area contributed by atoms with Crippen LogP contribution in [0, 0.1) is 0 Å². The highest BCUT2D eigenvalue weighted by Gasteiger charge is 2.21. The molecule has 0 aliphatic carbocycles. The van der Waals surface area contributed by atoms with E-state index in [0.717, 1.165) is 11.6 Å². The molecule has 0 bridgehead atoms. The van der Waals surface area contributed by atoms with Gasteiger partial charge in [-0.1, -0.05) is 44.4 Å². The van der Waals surface area contributed by atoms with Gasteiger partial charge in [0.25, 0.3) is 11.8 Å². The van der Waals surface area contributed by atoms with E-state index in [9.17, 15) is 9.59 Å². The number of imide groups is 1. The van der Waals surface area contributed by atoms with E-state index in [1.54, 1.807) is 24.3 Å². The van der Waals surface area contributed by atoms with Gasteiger partial charge in [0.2, 0.25) is 0 Å². The van der Waals surface area contributed by atoms with E-state index in [2.05, 4.69) is 13.2 Å². The number of carbonyl (C=O) groups is 2. The van der Waals surface area contributed by atoms with E-state index in [4.69, 9.17) is 0 Å². The summed E-state index contributed by atoms with van der Waals surface area (Å²) in [5, 5.41) is 0. The van der Waals surface area contributed by atoms with Gasteiger partial charge < -0.3 is 0 Å². The molecule has 0 unspecified atom stereocenters. The van der Waals surface area contributed by atoms with Crippen LogP contribution in [-0.2, 0) is 4.79 Å². The van der Waals surface area contributed by atoms with Crippen molar-refractivity contribution >= 4 is 17.9 Å². The van der Waals surface area contributed by atoms with Crippen molar-refractivity contribution in [1.29, 1.82) is 0 Å². The molecule has 3 nitrogen and oxygen atoms in total. The second kappa shape index (κ2) is 6.55. The maximum Gasteiger partial charge on any atom is 0.261 e. The maximum atomic E-state index is 12.3. The molecule has 2 amide bonds. The van der Waals surface area contributed by atoms with Crippen molar-refractivity contribution < 1.29 is 9.59 Å². The highest BCUT2D eigenvalue weighted by Crippen LogP contribution is 2.13. The van der Waals surface area contributed by atoms with Gasteiger partial charge in [-0.3, -0.25) is 14.5 Å². The van der Waals surface area contributed by atoms with Crippen molar-refractivity contribution in [2.24, 2.45) is 0 Å². The fourth-order valence-electron chi connectivity index (χ4n) is 1.66. The number of amides is 2. The first kappa shape index (κ1) is 13.9. The highest BCUT2D eigenvalue weighted by atomic mass is 16.2. The van der Waals surface area contributed by atoms with Gasteiger partial charge in [-0.25, -0.2) is 0 Å². The van der Waals surface area contributed by atoms with Crippen molar-refractivity contribution in [3.05, 3.63) is 54.6 Å². The van der Waals surface area contributed by atoms with Gasteiger partial charge in [-0.05, 0) is 24.1 Å². The average molecular weight is 243 g/mol.